The molecule has 132 valence electrons. The number of hydrogen-bond acceptors (Lipinski definition) is 5. The van der Waals surface area contributed by atoms with Crippen LogP contribution in [-0.4, -0.2) is 34.9 Å². The first-order valence-electron chi connectivity index (χ1n) is 7.59. The molecule has 0 bridgehead atoms. The number of anilines is 1. The van der Waals surface area contributed by atoms with Crippen LogP contribution in [0.25, 0.3) is 11.3 Å². The van der Waals surface area contributed by atoms with E-state index in [1.165, 1.54) is 13.2 Å². The Morgan fingerprint density at radius 2 is 1.80 bits per heavy atom. The lowest BCUT2D eigenvalue weighted by atomic mass is 10.1. The highest BCUT2D eigenvalue weighted by molar-refractivity contribution is 5.96. The van der Waals surface area contributed by atoms with E-state index in [1.807, 2.05) is 18.2 Å². The van der Waals surface area contributed by atoms with Gasteiger partial charge in [-0.1, -0.05) is 30.3 Å². The smallest absolute Gasteiger partial charge is 0.412 e. The minimum Gasteiger partial charge on any atom is -0.480 e. The molecule has 2 rings (SSSR count). The standard InChI is InChI=1S/C18H20N2O5/c1-18(2,3)25-17(23)19-13-10-12(16(21)22)15(24-4)20-14(13)11-8-6-5-7-9-11/h5-10H,1-4H3,(H,19,23)(H,21,22). The number of aromatic carboxylic acids is 1. The van der Waals surface area contributed by atoms with E-state index in [-0.39, 0.29) is 17.1 Å². The fraction of sp³-hybridized carbons (Fsp3) is 0.278. The third-order valence-corrected chi connectivity index (χ3v) is 3.09. The van der Waals surface area contributed by atoms with Gasteiger partial charge in [0.2, 0.25) is 5.88 Å². The van der Waals surface area contributed by atoms with Crippen molar-refractivity contribution in [3.05, 3.63) is 42.0 Å². The van der Waals surface area contributed by atoms with Crippen LogP contribution in [0.5, 0.6) is 5.88 Å². The number of hydrogen-bond donors (Lipinski definition) is 2. The molecule has 0 aliphatic carbocycles. The summed E-state index contributed by atoms with van der Waals surface area (Å²) in [6.45, 7) is 5.21. The van der Waals surface area contributed by atoms with Crippen molar-refractivity contribution in [1.29, 1.82) is 0 Å². The first kappa shape index (κ1) is 18.3. The van der Waals surface area contributed by atoms with Gasteiger partial charge in [-0.15, -0.1) is 0 Å². The number of nitrogens with one attached hydrogen (secondary N) is 1. The Labute approximate surface area is 145 Å². The Kier molecular flexibility index (Phi) is 5.26. The number of benzene rings is 1. The average molecular weight is 344 g/mol. The van der Waals surface area contributed by atoms with Gasteiger partial charge >= 0.3 is 12.1 Å². The molecule has 0 spiro atoms. The van der Waals surface area contributed by atoms with E-state index in [1.54, 1.807) is 32.9 Å². The summed E-state index contributed by atoms with van der Waals surface area (Å²) < 4.78 is 10.3. The number of pyridine rings is 1. The molecule has 0 fully saturated rings. The number of ether oxygens (including phenoxy) is 2. The van der Waals surface area contributed by atoms with Crippen molar-refractivity contribution >= 4 is 17.7 Å². The van der Waals surface area contributed by atoms with Crippen molar-refractivity contribution in [3.8, 4) is 17.1 Å². The van der Waals surface area contributed by atoms with E-state index in [0.29, 0.717) is 11.3 Å². The van der Waals surface area contributed by atoms with Crippen LogP contribution in [-0.2, 0) is 4.74 Å². The molecule has 0 saturated carbocycles. The van der Waals surface area contributed by atoms with Crippen LogP contribution in [0.4, 0.5) is 10.5 Å². The minimum atomic E-state index is -1.21. The average Bonchev–Trinajstić information content (AvgIpc) is 2.53. The van der Waals surface area contributed by atoms with Gasteiger partial charge in [-0.2, -0.15) is 0 Å². The van der Waals surface area contributed by atoms with E-state index in [2.05, 4.69) is 10.3 Å². The summed E-state index contributed by atoms with van der Waals surface area (Å²) >= 11 is 0. The molecule has 0 aliphatic rings. The third kappa shape index (κ3) is 4.69. The maximum Gasteiger partial charge on any atom is 0.412 e. The number of methoxy groups -OCH3 is 1. The van der Waals surface area contributed by atoms with Crippen LogP contribution in [0.2, 0.25) is 0 Å². The quantitative estimate of drug-likeness (QED) is 0.875. The van der Waals surface area contributed by atoms with Crippen molar-refractivity contribution < 1.29 is 24.2 Å². The van der Waals surface area contributed by atoms with Gasteiger partial charge in [-0.3, -0.25) is 5.32 Å². The molecule has 0 unspecified atom stereocenters. The number of aromatic nitrogens is 1. The second-order valence-corrected chi connectivity index (χ2v) is 6.24. The van der Waals surface area contributed by atoms with E-state index < -0.39 is 17.7 Å². The third-order valence-electron chi connectivity index (χ3n) is 3.09. The monoisotopic (exact) mass is 344 g/mol. The molecule has 25 heavy (non-hydrogen) atoms. The Bertz CT molecular complexity index is 782. The Morgan fingerprint density at radius 1 is 1.16 bits per heavy atom. The maximum atomic E-state index is 12.1. The Balaban J connectivity index is 2.53. The van der Waals surface area contributed by atoms with Gasteiger partial charge < -0.3 is 14.6 Å². The highest BCUT2D eigenvalue weighted by Gasteiger charge is 2.22. The number of carbonyl (C=O) groups excluding carboxylic acids is 1. The lowest BCUT2D eigenvalue weighted by molar-refractivity contribution is 0.0632. The van der Waals surface area contributed by atoms with Gasteiger partial charge in [0.05, 0.1) is 18.5 Å². The molecule has 1 aromatic carbocycles. The fourth-order valence-electron chi connectivity index (χ4n) is 2.13. The normalized spacial score (nSPS) is 10.9. The highest BCUT2D eigenvalue weighted by Crippen LogP contribution is 2.31. The molecule has 2 N–H and O–H groups in total. The predicted octanol–water partition coefficient (Wildman–Crippen LogP) is 3.80. The topological polar surface area (TPSA) is 97.8 Å². The Morgan fingerprint density at radius 3 is 2.32 bits per heavy atom. The van der Waals surface area contributed by atoms with E-state index in [9.17, 15) is 14.7 Å². The van der Waals surface area contributed by atoms with Crippen LogP contribution in [0.1, 0.15) is 31.1 Å². The van der Waals surface area contributed by atoms with Crippen molar-refractivity contribution in [2.45, 2.75) is 26.4 Å². The molecule has 0 aliphatic heterocycles. The largest absolute Gasteiger partial charge is 0.480 e. The summed E-state index contributed by atoms with van der Waals surface area (Å²) in [5.74, 6) is -1.25. The molecule has 2 aromatic rings. The number of rotatable bonds is 4. The maximum absolute atomic E-state index is 12.1. The summed E-state index contributed by atoms with van der Waals surface area (Å²) in [5.41, 5.74) is 0.455. The summed E-state index contributed by atoms with van der Waals surface area (Å²) in [6, 6.07) is 10.4. The second kappa shape index (κ2) is 7.21. The van der Waals surface area contributed by atoms with Crippen LogP contribution >= 0.6 is 0 Å². The van der Waals surface area contributed by atoms with Crippen molar-refractivity contribution in [2.24, 2.45) is 0 Å². The van der Waals surface area contributed by atoms with Gasteiger partial charge in [-0.05, 0) is 26.8 Å². The van der Waals surface area contributed by atoms with Gasteiger partial charge in [0.1, 0.15) is 11.2 Å². The molecular formula is C18H20N2O5. The number of nitrogens with zero attached hydrogens (tertiary/aromatic N) is 1. The van der Waals surface area contributed by atoms with Crippen molar-refractivity contribution in [1.82, 2.24) is 4.98 Å². The van der Waals surface area contributed by atoms with Crippen LogP contribution in [0.3, 0.4) is 0 Å². The van der Waals surface area contributed by atoms with Crippen LogP contribution in [0.15, 0.2) is 36.4 Å². The highest BCUT2D eigenvalue weighted by atomic mass is 16.6. The predicted molar refractivity (Wildman–Crippen MR) is 93.0 cm³/mol. The number of carboxylic acids is 1. The molecule has 1 heterocycles. The fourth-order valence-corrected chi connectivity index (χ4v) is 2.13. The van der Waals surface area contributed by atoms with Gasteiger partial charge in [-0.25, -0.2) is 14.6 Å². The first-order chi connectivity index (χ1) is 11.7. The van der Waals surface area contributed by atoms with Crippen LogP contribution < -0.4 is 10.1 Å². The molecule has 7 heteroatoms. The zero-order chi connectivity index (χ0) is 18.6. The number of carboxylic acid groups (broad SMARTS) is 1. The van der Waals surface area contributed by atoms with Gasteiger partial charge in [0.25, 0.3) is 0 Å². The van der Waals surface area contributed by atoms with E-state index >= 15 is 0 Å². The van der Waals surface area contributed by atoms with Crippen molar-refractivity contribution in [3.63, 3.8) is 0 Å². The number of carbonyl (C=O) groups is 2. The van der Waals surface area contributed by atoms with Crippen LogP contribution in [0, 0.1) is 0 Å². The molecule has 1 amide bonds. The summed E-state index contributed by atoms with van der Waals surface area (Å²) in [5, 5.41) is 11.9. The molecule has 1 aromatic heterocycles. The zero-order valence-electron chi connectivity index (χ0n) is 14.5. The molecule has 0 saturated heterocycles. The molecule has 7 nitrogen and oxygen atoms in total. The lowest BCUT2D eigenvalue weighted by Gasteiger charge is -2.20. The minimum absolute atomic E-state index is 0.0407. The molecular weight excluding hydrogens is 324 g/mol. The zero-order valence-corrected chi connectivity index (χ0v) is 14.5. The summed E-state index contributed by atoms with van der Waals surface area (Å²) in [7, 11) is 1.34. The first-order valence-corrected chi connectivity index (χ1v) is 7.59. The van der Waals surface area contributed by atoms with Gasteiger partial charge in [0, 0.05) is 5.56 Å². The molecule has 0 radical (unpaired) electrons. The van der Waals surface area contributed by atoms with Crippen molar-refractivity contribution in [2.75, 3.05) is 12.4 Å². The second-order valence-electron chi connectivity index (χ2n) is 6.24. The molecule has 0 atom stereocenters. The Hall–Kier alpha value is -3.09. The SMILES string of the molecule is COc1nc(-c2ccccc2)c(NC(=O)OC(C)(C)C)cc1C(=O)O. The van der Waals surface area contributed by atoms with E-state index in [4.69, 9.17) is 9.47 Å². The number of amides is 1. The van der Waals surface area contributed by atoms with Gasteiger partial charge in [0.15, 0.2) is 0 Å². The van der Waals surface area contributed by atoms with E-state index in [0.717, 1.165) is 0 Å². The summed E-state index contributed by atoms with van der Waals surface area (Å²) in [4.78, 5) is 27.8. The summed E-state index contributed by atoms with van der Waals surface area (Å²) in [6.07, 6.45) is -0.701. The lowest BCUT2D eigenvalue weighted by Crippen LogP contribution is -2.27.